The molecule has 1 unspecified atom stereocenters. The fraction of sp³-hybridized carbons (Fsp3) is 0.500. The van der Waals surface area contributed by atoms with Crippen LogP contribution in [0.5, 0.6) is 0 Å². The number of nitrogens with one attached hydrogen (secondary N) is 1. The molecule has 0 spiro atoms. The van der Waals surface area contributed by atoms with Crippen LogP contribution in [0.4, 0.5) is 5.82 Å². The minimum absolute atomic E-state index is 0.0656. The number of likely N-dealkylation sites (tertiary alicyclic amines) is 1. The number of amides is 2. The number of nitrogen functional groups attached to an aromatic ring is 1. The molecule has 3 rings (SSSR count). The summed E-state index contributed by atoms with van der Waals surface area (Å²) in [6.45, 7) is 4.84. The van der Waals surface area contributed by atoms with E-state index in [0.29, 0.717) is 41.5 Å². The molecule has 1 fully saturated rings. The predicted molar refractivity (Wildman–Crippen MR) is 120 cm³/mol. The molecule has 2 aromatic rings. The molecule has 2 atom stereocenters. The van der Waals surface area contributed by atoms with Crippen molar-refractivity contribution >= 4 is 29.2 Å². The average molecular weight is 445 g/mol. The maximum Gasteiger partial charge on any atom is 0.270 e. The molecule has 0 radical (unpaired) electrons. The highest BCUT2D eigenvalue weighted by Gasteiger charge is 2.26. The van der Waals surface area contributed by atoms with Crippen LogP contribution < -0.4 is 11.1 Å². The molecule has 166 valence electrons. The highest BCUT2D eigenvalue weighted by atomic mass is 35.5. The Morgan fingerprint density at radius 2 is 2.10 bits per heavy atom. The Bertz CT molecular complexity index is 900. The SMILES string of the molecule is Cc1nc(N)c(CCC2CCCN(C(=O)[C@H](C)NC(=O)c3ccccn3)CC2)c(Cl)n1. The molecule has 1 aliphatic rings. The number of hydrogen-bond acceptors (Lipinski definition) is 6. The van der Waals surface area contributed by atoms with Gasteiger partial charge >= 0.3 is 0 Å². The maximum atomic E-state index is 12.9. The van der Waals surface area contributed by atoms with Crippen molar-refractivity contribution in [2.45, 2.75) is 52.0 Å². The molecule has 2 amide bonds. The van der Waals surface area contributed by atoms with Gasteiger partial charge in [-0.3, -0.25) is 14.6 Å². The number of anilines is 1. The summed E-state index contributed by atoms with van der Waals surface area (Å²) in [6.07, 6.45) is 6.05. The number of rotatable bonds is 6. The lowest BCUT2D eigenvalue weighted by atomic mass is 9.93. The highest BCUT2D eigenvalue weighted by Crippen LogP contribution is 2.27. The van der Waals surface area contributed by atoms with E-state index in [1.807, 2.05) is 4.90 Å². The normalized spacial score (nSPS) is 17.6. The van der Waals surface area contributed by atoms with Crippen molar-refractivity contribution in [1.82, 2.24) is 25.2 Å². The zero-order valence-corrected chi connectivity index (χ0v) is 18.7. The summed E-state index contributed by atoms with van der Waals surface area (Å²) in [5.41, 5.74) is 7.12. The number of aryl methyl sites for hydroxylation is 1. The molecular formula is C22H29ClN6O2. The summed E-state index contributed by atoms with van der Waals surface area (Å²) in [5, 5.41) is 3.18. The van der Waals surface area contributed by atoms with Gasteiger partial charge in [0.25, 0.3) is 5.91 Å². The van der Waals surface area contributed by atoms with E-state index in [4.69, 9.17) is 17.3 Å². The number of nitrogens with two attached hydrogens (primary N) is 1. The Balaban J connectivity index is 1.51. The molecule has 8 nitrogen and oxygen atoms in total. The first-order valence-corrected chi connectivity index (χ1v) is 11.0. The van der Waals surface area contributed by atoms with Gasteiger partial charge in [-0.15, -0.1) is 0 Å². The van der Waals surface area contributed by atoms with Crippen LogP contribution in [0.1, 0.15) is 54.5 Å². The van der Waals surface area contributed by atoms with Gasteiger partial charge in [-0.25, -0.2) is 9.97 Å². The molecule has 3 heterocycles. The van der Waals surface area contributed by atoms with E-state index in [9.17, 15) is 9.59 Å². The third-order valence-electron chi connectivity index (χ3n) is 5.68. The number of pyridine rings is 1. The molecule has 2 aromatic heterocycles. The van der Waals surface area contributed by atoms with E-state index in [2.05, 4.69) is 20.3 Å². The number of carbonyl (C=O) groups is 2. The Hall–Kier alpha value is -2.74. The van der Waals surface area contributed by atoms with Crippen LogP contribution in [0.25, 0.3) is 0 Å². The molecule has 0 bridgehead atoms. The number of halogens is 1. The quantitative estimate of drug-likeness (QED) is 0.662. The second-order valence-electron chi connectivity index (χ2n) is 8.00. The van der Waals surface area contributed by atoms with Gasteiger partial charge in [0, 0.05) is 24.8 Å². The average Bonchev–Trinajstić information content (AvgIpc) is 2.98. The Morgan fingerprint density at radius 1 is 1.29 bits per heavy atom. The fourth-order valence-electron chi connectivity index (χ4n) is 3.94. The van der Waals surface area contributed by atoms with Gasteiger partial charge in [0.15, 0.2) is 0 Å². The van der Waals surface area contributed by atoms with E-state index in [1.165, 1.54) is 0 Å². The molecule has 9 heteroatoms. The van der Waals surface area contributed by atoms with Crippen LogP contribution in [-0.2, 0) is 11.2 Å². The van der Waals surface area contributed by atoms with Crippen molar-refractivity contribution in [2.75, 3.05) is 18.8 Å². The lowest BCUT2D eigenvalue weighted by Gasteiger charge is -2.25. The molecule has 0 saturated carbocycles. The first kappa shape index (κ1) is 22.9. The van der Waals surface area contributed by atoms with Gasteiger partial charge in [-0.2, -0.15) is 0 Å². The van der Waals surface area contributed by atoms with Crippen molar-refractivity contribution in [3.63, 3.8) is 0 Å². The zero-order chi connectivity index (χ0) is 22.4. The molecule has 1 aliphatic heterocycles. The van der Waals surface area contributed by atoms with E-state index in [-0.39, 0.29) is 11.8 Å². The van der Waals surface area contributed by atoms with Gasteiger partial charge < -0.3 is 16.0 Å². The van der Waals surface area contributed by atoms with Crippen molar-refractivity contribution in [3.8, 4) is 0 Å². The van der Waals surface area contributed by atoms with Crippen LogP contribution in [0.15, 0.2) is 24.4 Å². The van der Waals surface area contributed by atoms with E-state index >= 15 is 0 Å². The second kappa shape index (κ2) is 10.5. The summed E-state index contributed by atoms with van der Waals surface area (Å²) < 4.78 is 0. The Kier molecular flexibility index (Phi) is 7.79. The van der Waals surface area contributed by atoms with E-state index in [1.54, 1.807) is 38.2 Å². The van der Waals surface area contributed by atoms with Gasteiger partial charge in [0.05, 0.1) is 0 Å². The number of nitrogens with zero attached hydrogens (tertiary/aromatic N) is 4. The minimum Gasteiger partial charge on any atom is -0.383 e. The van der Waals surface area contributed by atoms with Crippen molar-refractivity contribution < 1.29 is 9.59 Å². The van der Waals surface area contributed by atoms with Gasteiger partial charge in [0.1, 0.15) is 28.5 Å². The third kappa shape index (κ3) is 6.13. The number of aromatic nitrogens is 3. The van der Waals surface area contributed by atoms with Gasteiger partial charge in [-0.05, 0) is 64.0 Å². The van der Waals surface area contributed by atoms with Crippen molar-refractivity contribution in [1.29, 1.82) is 0 Å². The molecule has 31 heavy (non-hydrogen) atoms. The smallest absolute Gasteiger partial charge is 0.270 e. The maximum absolute atomic E-state index is 12.9. The van der Waals surface area contributed by atoms with Gasteiger partial charge in [0.2, 0.25) is 5.91 Å². The second-order valence-corrected chi connectivity index (χ2v) is 8.35. The van der Waals surface area contributed by atoms with Crippen LogP contribution >= 0.6 is 11.6 Å². The fourth-order valence-corrected chi connectivity index (χ4v) is 4.25. The van der Waals surface area contributed by atoms with E-state index < -0.39 is 6.04 Å². The van der Waals surface area contributed by atoms with Gasteiger partial charge in [-0.1, -0.05) is 17.7 Å². The first-order valence-electron chi connectivity index (χ1n) is 10.6. The Labute approximate surface area is 187 Å². The van der Waals surface area contributed by atoms with Crippen LogP contribution in [-0.4, -0.2) is 50.8 Å². The Morgan fingerprint density at radius 3 is 2.81 bits per heavy atom. The number of carbonyl (C=O) groups excluding carboxylic acids is 2. The molecule has 0 aliphatic carbocycles. The summed E-state index contributed by atoms with van der Waals surface area (Å²) in [7, 11) is 0. The predicted octanol–water partition coefficient (Wildman–Crippen LogP) is 2.80. The van der Waals surface area contributed by atoms with E-state index in [0.717, 1.165) is 37.7 Å². The molecule has 0 aromatic carbocycles. The van der Waals surface area contributed by atoms with Crippen LogP contribution in [0.2, 0.25) is 5.15 Å². The standard InChI is InChI=1S/C22H29ClN6O2/c1-14(26-21(30)18-7-3-4-11-25-18)22(31)29-12-5-6-16(10-13-29)8-9-17-19(23)27-15(2)28-20(17)24/h3-4,7,11,14,16H,5-6,8-10,12-13H2,1-2H3,(H,26,30)(H2,24,27,28)/t14-,16?/m0/s1. The topological polar surface area (TPSA) is 114 Å². The molecule has 1 saturated heterocycles. The summed E-state index contributed by atoms with van der Waals surface area (Å²) in [6, 6.07) is 4.51. The lowest BCUT2D eigenvalue weighted by molar-refractivity contribution is -0.132. The first-order chi connectivity index (χ1) is 14.8. The lowest BCUT2D eigenvalue weighted by Crippen LogP contribution is -2.47. The molecule has 3 N–H and O–H groups in total. The van der Waals surface area contributed by atoms with Crippen LogP contribution in [0, 0.1) is 12.8 Å². The molecular weight excluding hydrogens is 416 g/mol. The summed E-state index contributed by atoms with van der Waals surface area (Å²) in [5.74, 6) is 1.07. The number of hydrogen-bond donors (Lipinski definition) is 2. The summed E-state index contributed by atoms with van der Waals surface area (Å²) in [4.78, 5) is 39.4. The van der Waals surface area contributed by atoms with Crippen molar-refractivity contribution in [2.24, 2.45) is 5.92 Å². The highest BCUT2D eigenvalue weighted by molar-refractivity contribution is 6.30. The minimum atomic E-state index is -0.602. The van der Waals surface area contributed by atoms with Crippen molar-refractivity contribution in [3.05, 3.63) is 46.6 Å². The third-order valence-corrected chi connectivity index (χ3v) is 5.99. The van der Waals surface area contributed by atoms with Crippen LogP contribution in [0.3, 0.4) is 0 Å². The monoisotopic (exact) mass is 444 g/mol. The summed E-state index contributed by atoms with van der Waals surface area (Å²) >= 11 is 6.25. The zero-order valence-electron chi connectivity index (χ0n) is 18.0. The largest absolute Gasteiger partial charge is 0.383 e.